The highest BCUT2D eigenvalue weighted by Gasteiger charge is 2.28. The smallest absolute Gasteiger partial charge is 0.238 e. The van der Waals surface area contributed by atoms with Crippen LogP contribution in [-0.2, 0) is 4.79 Å². The average Bonchev–Trinajstić information content (AvgIpc) is 2.67. The number of thiazole rings is 1. The van der Waals surface area contributed by atoms with E-state index in [1.165, 1.54) is 11.3 Å². The minimum absolute atomic E-state index is 0.0825. The fraction of sp³-hybridized carbons (Fsp3) is 0.636. The lowest BCUT2D eigenvalue weighted by molar-refractivity contribution is -0.125. The van der Waals surface area contributed by atoms with Gasteiger partial charge in [-0.2, -0.15) is 0 Å². The van der Waals surface area contributed by atoms with Gasteiger partial charge in [-0.05, 0) is 12.3 Å². The molecule has 5 heteroatoms. The average molecular weight is 241 g/mol. The fourth-order valence-electron chi connectivity index (χ4n) is 1.21. The maximum absolute atomic E-state index is 11.8. The van der Waals surface area contributed by atoms with E-state index in [0.717, 1.165) is 5.01 Å². The molecule has 1 rings (SSSR count). The van der Waals surface area contributed by atoms with Crippen LogP contribution in [0.25, 0.3) is 0 Å². The van der Waals surface area contributed by atoms with E-state index in [9.17, 15) is 4.79 Å². The lowest BCUT2D eigenvalue weighted by Gasteiger charge is -2.27. The minimum Gasteiger partial charge on any atom is -0.346 e. The highest BCUT2D eigenvalue weighted by atomic mass is 32.1. The molecular formula is C11H19N3OS. The van der Waals surface area contributed by atoms with E-state index in [1.54, 1.807) is 6.20 Å². The van der Waals surface area contributed by atoms with Gasteiger partial charge in [0.2, 0.25) is 5.91 Å². The van der Waals surface area contributed by atoms with Gasteiger partial charge in [0.1, 0.15) is 5.01 Å². The molecular weight excluding hydrogens is 222 g/mol. The zero-order chi connectivity index (χ0) is 12.3. The van der Waals surface area contributed by atoms with Gasteiger partial charge in [0.15, 0.2) is 0 Å². The van der Waals surface area contributed by atoms with Gasteiger partial charge in [-0.3, -0.25) is 4.79 Å². The number of nitrogens with zero attached hydrogens (tertiary/aromatic N) is 1. The summed E-state index contributed by atoms with van der Waals surface area (Å²) in [6, 6.07) is -0.587. The zero-order valence-electron chi connectivity index (χ0n) is 10.2. The number of nitrogens with one attached hydrogen (secondary N) is 1. The number of nitrogens with two attached hydrogens (primary N) is 1. The van der Waals surface area contributed by atoms with E-state index in [-0.39, 0.29) is 17.4 Å². The van der Waals surface area contributed by atoms with Crippen LogP contribution in [0.4, 0.5) is 0 Å². The number of carbonyl (C=O) groups excluding carboxylic acids is 1. The van der Waals surface area contributed by atoms with Crippen LogP contribution in [0, 0.1) is 5.41 Å². The quantitative estimate of drug-likeness (QED) is 0.846. The van der Waals surface area contributed by atoms with Crippen molar-refractivity contribution in [1.82, 2.24) is 10.3 Å². The molecule has 3 N–H and O–H groups in total. The summed E-state index contributed by atoms with van der Waals surface area (Å²) in [5.41, 5.74) is 5.64. The maximum Gasteiger partial charge on any atom is 0.238 e. The summed E-state index contributed by atoms with van der Waals surface area (Å²) in [6.07, 6.45) is 1.73. The van der Waals surface area contributed by atoms with E-state index < -0.39 is 6.04 Å². The van der Waals surface area contributed by atoms with E-state index in [0.29, 0.717) is 0 Å². The molecule has 1 aromatic rings. The van der Waals surface area contributed by atoms with Crippen LogP contribution in [0.5, 0.6) is 0 Å². The fourth-order valence-corrected chi connectivity index (χ4v) is 1.85. The first-order valence-corrected chi connectivity index (χ1v) is 6.15. The third kappa shape index (κ3) is 3.28. The number of carbonyl (C=O) groups is 1. The summed E-state index contributed by atoms with van der Waals surface area (Å²) in [7, 11) is 0. The molecule has 0 saturated heterocycles. The number of hydrogen-bond acceptors (Lipinski definition) is 4. The van der Waals surface area contributed by atoms with Crippen LogP contribution in [0.1, 0.15) is 38.7 Å². The Morgan fingerprint density at radius 2 is 2.19 bits per heavy atom. The maximum atomic E-state index is 11.8. The molecule has 0 aliphatic heterocycles. The molecule has 16 heavy (non-hydrogen) atoms. The van der Waals surface area contributed by atoms with Gasteiger partial charge in [-0.25, -0.2) is 4.98 Å². The normalized spacial score (nSPS) is 15.6. The highest BCUT2D eigenvalue weighted by molar-refractivity contribution is 7.09. The third-order valence-electron chi connectivity index (χ3n) is 2.40. The summed E-state index contributed by atoms with van der Waals surface area (Å²) in [4.78, 5) is 16.0. The largest absolute Gasteiger partial charge is 0.346 e. The Balaban J connectivity index is 2.59. The van der Waals surface area contributed by atoms with Crippen LogP contribution in [-0.4, -0.2) is 16.9 Å². The molecule has 1 aromatic heterocycles. The van der Waals surface area contributed by atoms with Crippen molar-refractivity contribution in [2.45, 2.75) is 39.8 Å². The van der Waals surface area contributed by atoms with Crippen molar-refractivity contribution in [3.8, 4) is 0 Å². The first kappa shape index (κ1) is 13.1. The molecule has 0 aromatic carbocycles. The van der Waals surface area contributed by atoms with E-state index in [1.807, 2.05) is 33.1 Å². The van der Waals surface area contributed by atoms with Crippen LogP contribution < -0.4 is 11.1 Å². The third-order valence-corrected chi connectivity index (χ3v) is 3.35. The number of aromatic nitrogens is 1. The van der Waals surface area contributed by atoms with Gasteiger partial charge in [0.05, 0.1) is 12.1 Å². The molecule has 1 unspecified atom stereocenters. The van der Waals surface area contributed by atoms with Gasteiger partial charge in [-0.15, -0.1) is 11.3 Å². The molecule has 1 amide bonds. The van der Waals surface area contributed by atoms with Crippen LogP contribution in [0.15, 0.2) is 11.6 Å². The van der Waals surface area contributed by atoms with Gasteiger partial charge in [-0.1, -0.05) is 20.8 Å². The number of amides is 1. The Morgan fingerprint density at radius 3 is 2.62 bits per heavy atom. The zero-order valence-corrected chi connectivity index (χ0v) is 11.0. The van der Waals surface area contributed by atoms with Gasteiger partial charge in [0.25, 0.3) is 0 Å². The molecule has 0 fully saturated rings. The van der Waals surface area contributed by atoms with Gasteiger partial charge < -0.3 is 11.1 Å². The lowest BCUT2D eigenvalue weighted by atomic mass is 9.87. The number of rotatable bonds is 3. The molecule has 2 atom stereocenters. The Kier molecular flexibility index (Phi) is 4.04. The predicted molar refractivity (Wildman–Crippen MR) is 66.1 cm³/mol. The molecule has 0 bridgehead atoms. The standard InChI is InChI=1S/C11H19N3OS/c1-7(10-13-5-6-16-10)14-9(15)8(12)11(2,3)4/h5-8H,12H2,1-4H3,(H,14,15)/t7?,8-/m1/s1. The summed E-state index contributed by atoms with van der Waals surface area (Å²) >= 11 is 1.53. The van der Waals surface area contributed by atoms with Gasteiger partial charge in [0, 0.05) is 11.6 Å². The van der Waals surface area contributed by atoms with E-state index >= 15 is 0 Å². The second kappa shape index (κ2) is 4.93. The molecule has 0 spiro atoms. The summed E-state index contributed by atoms with van der Waals surface area (Å²) in [6.45, 7) is 7.76. The predicted octanol–water partition coefficient (Wildman–Crippen LogP) is 1.69. The SMILES string of the molecule is CC(NC(=O)[C@@H](N)C(C)(C)C)c1nccs1. The second-order valence-electron chi connectivity index (χ2n) is 4.94. The first-order valence-electron chi connectivity index (χ1n) is 5.27. The highest BCUT2D eigenvalue weighted by Crippen LogP contribution is 2.19. The Morgan fingerprint density at radius 1 is 1.56 bits per heavy atom. The van der Waals surface area contributed by atoms with Crippen molar-refractivity contribution in [1.29, 1.82) is 0 Å². The summed E-state index contributed by atoms with van der Waals surface area (Å²) < 4.78 is 0. The van der Waals surface area contributed by atoms with Crippen LogP contribution >= 0.6 is 11.3 Å². The minimum atomic E-state index is -0.505. The van der Waals surface area contributed by atoms with E-state index in [2.05, 4.69) is 10.3 Å². The Hall–Kier alpha value is -0.940. The lowest BCUT2D eigenvalue weighted by Crippen LogP contribution is -2.49. The van der Waals surface area contributed by atoms with Crippen molar-refractivity contribution in [2.24, 2.45) is 11.1 Å². The molecule has 0 aliphatic carbocycles. The Labute approximate surface area is 100 Å². The molecule has 0 aliphatic rings. The molecule has 90 valence electrons. The van der Waals surface area contributed by atoms with Crippen LogP contribution in [0.2, 0.25) is 0 Å². The second-order valence-corrected chi connectivity index (χ2v) is 5.87. The van der Waals surface area contributed by atoms with Gasteiger partial charge >= 0.3 is 0 Å². The first-order chi connectivity index (χ1) is 7.32. The van der Waals surface area contributed by atoms with Crippen LogP contribution in [0.3, 0.4) is 0 Å². The van der Waals surface area contributed by atoms with Crippen molar-refractivity contribution in [3.63, 3.8) is 0 Å². The molecule has 4 nitrogen and oxygen atoms in total. The number of hydrogen-bond donors (Lipinski definition) is 2. The van der Waals surface area contributed by atoms with Crippen molar-refractivity contribution in [2.75, 3.05) is 0 Å². The topological polar surface area (TPSA) is 68.0 Å². The van der Waals surface area contributed by atoms with E-state index in [4.69, 9.17) is 5.73 Å². The molecule has 0 saturated carbocycles. The molecule has 1 heterocycles. The summed E-state index contributed by atoms with van der Waals surface area (Å²) in [5, 5.41) is 5.66. The van der Waals surface area contributed by atoms with Crippen molar-refractivity contribution >= 4 is 17.2 Å². The van der Waals surface area contributed by atoms with Crippen molar-refractivity contribution in [3.05, 3.63) is 16.6 Å². The summed E-state index contributed by atoms with van der Waals surface area (Å²) in [5.74, 6) is -0.129. The molecule has 0 radical (unpaired) electrons. The Bertz CT molecular complexity index is 343. The monoisotopic (exact) mass is 241 g/mol. The van der Waals surface area contributed by atoms with Crippen molar-refractivity contribution < 1.29 is 4.79 Å².